The molecule has 0 unspecified atom stereocenters. The highest BCUT2D eigenvalue weighted by Crippen LogP contribution is 2.00. The number of aromatic carboxylic acids is 1. The molecule has 0 fully saturated rings. The highest BCUT2D eigenvalue weighted by atomic mass is 32.1. The number of benzene rings is 1. The Morgan fingerprint density at radius 3 is 2.65 bits per heavy atom. The average molecular weight is 250 g/mol. The van der Waals surface area contributed by atoms with E-state index in [9.17, 15) is 9.90 Å². The third kappa shape index (κ3) is 4.60. The number of hydrazone groups is 1. The van der Waals surface area contributed by atoms with E-state index in [4.69, 9.17) is 12.2 Å². The van der Waals surface area contributed by atoms with Gasteiger partial charge in [0.2, 0.25) is 0 Å². The molecule has 1 rings (SSSR count). The molecular formula is C11H12N3O2S-. The van der Waals surface area contributed by atoms with E-state index in [0.717, 1.165) is 12.1 Å². The van der Waals surface area contributed by atoms with E-state index < -0.39 is 5.97 Å². The van der Waals surface area contributed by atoms with Gasteiger partial charge < -0.3 is 15.2 Å². The Kier molecular flexibility index (Phi) is 5.09. The van der Waals surface area contributed by atoms with Gasteiger partial charge in [-0.2, -0.15) is 5.10 Å². The summed E-state index contributed by atoms with van der Waals surface area (Å²) in [6.07, 6.45) is 1.54. The molecule has 0 radical (unpaired) electrons. The second-order valence-corrected chi connectivity index (χ2v) is 3.55. The molecule has 0 heterocycles. The third-order valence-corrected chi connectivity index (χ3v) is 2.10. The molecule has 5 nitrogen and oxygen atoms in total. The fraction of sp³-hybridized carbons (Fsp3) is 0.182. The maximum Gasteiger partial charge on any atom is 0.186 e. The molecule has 0 amide bonds. The molecule has 0 aliphatic heterocycles. The Balaban J connectivity index is 2.54. The Morgan fingerprint density at radius 1 is 1.47 bits per heavy atom. The standard InChI is InChI=1S/C11H13N3O2S/c1-2-12-11(17)14-13-7-8-3-5-9(6-4-8)10(15)16/h3-7H,2H2,1H3,(H,15,16)(H2,12,14,17)/p-1/b13-7-. The lowest BCUT2D eigenvalue weighted by Crippen LogP contribution is -2.31. The summed E-state index contributed by atoms with van der Waals surface area (Å²) in [6.45, 7) is 2.65. The molecule has 17 heavy (non-hydrogen) atoms. The molecule has 1 aromatic carbocycles. The number of thiocarbonyl (C=S) groups is 1. The van der Waals surface area contributed by atoms with E-state index in [0.29, 0.717) is 5.11 Å². The van der Waals surface area contributed by atoms with Crippen LogP contribution in [0.1, 0.15) is 22.8 Å². The summed E-state index contributed by atoms with van der Waals surface area (Å²) in [5.74, 6) is -1.19. The van der Waals surface area contributed by atoms with Crippen LogP contribution >= 0.6 is 12.2 Å². The maximum atomic E-state index is 10.5. The molecule has 0 bridgehead atoms. The Morgan fingerprint density at radius 2 is 2.12 bits per heavy atom. The van der Waals surface area contributed by atoms with Crippen molar-refractivity contribution < 1.29 is 9.90 Å². The van der Waals surface area contributed by atoms with Gasteiger partial charge in [0.1, 0.15) is 0 Å². The lowest BCUT2D eigenvalue weighted by Gasteiger charge is -2.03. The van der Waals surface area contributed by atoms with Gasteiger partial charge in [-0.1, -0.05) is 24.3 Å². The zero-order valence-corrected chi connectivity index (χ0v) is 10.1. The number of carboxylic acid groups (broad SMARTS) is 1. The monoisotopic (exact) mass is 250 g/mol. The smallest absolute Gasteiger partial charge is 0.186 e. The largest absolute Gasteiger partial charge is 0.545 e. The summed E-state index contributed by atoms with van der Waals surface area (Å²) in [7, 11) is 0. The minimum Gasteiger partial charge on any atom is -0.545 e. The predicted molar refractivity (Wildman–Crippen MR) is 67.8 cm³/mol. The van der Waals surface area contributed by atoms with Crippen molar-refractivity contribution in [1.29, 1.82) is 0 Å². The van der Waals surface area contributed by atoms with E-state index in [2.05, 4.69) is 15.8 Å². The SMILES string of the molecule is CCNC(=S)N/N=C\c1ccc(C(=O)[O-])cc1. The first kappa shape index (κ1) is 13.1. The fourth-order valence-corrected chi connectivity index (χ4v) is 1.27. The average Bonchev–Trinajstić information content (AvgIpc) is 2.30. The quantitative estimate of drug-likeness (QED) is 0.442. The molecule has 0 aliphatic rings. The van der Waals surface area contributed by atoms with Crippen molar-refractivity contribution >= 4 is 29.5 Å². The lowest BCUT2D eigenvalue weighted by atomic mass is 10.1. The number of carbonyl (C=O) groups excluding carboxylic acids is 1. The molecule has 1 aromatic rings. The molecule has 6 heteroatoms. The van der Waals surface area contributed by atoms with E-state index in [1.54, 1.807) is 18.3 Å². The number of carboxylic acids is 1. The molecule has 2 N–H and O–H groups in total. The predicted octanol–water partition coefficient (Wildman–Crippen LogP) is -0.132. The Bertz CT molecular complexity index is 429. The molecule has 0 atom stereocenters. The first-order chi connectivity index (χ1) is 8.13. The number of hydrogen-bond donors (Lipinski definition) is 2. The fourth-order valence-electron chi connectivity index (χ4n) is 1.07. The minimum atomic E-state index is -1.19. The van der Waals surface area contributed by atoms with E-state index in [1.165, 1.54) is 12.1 Å². The second kappa shape index (κ2) is 6.59. The maximum absolute atomic E-state index is 10.5. The van der Waals surface area contributed by atoms with Gasteiger partial charge in [-0.3, -0.25) is 5.43 Å². The van der Waals surface area contributed by atoms with Crippen molar-refractivity contribution in [3.63, 3.8) is 0 Å². The molecule has 0 aromatic heterocycles. The summed E-state index contributed by atoms with van der Waals surface area (Å²) >= 11 is 4.90. The molecule has 0 saturated heterocycles. The number of hydrogen-bond acceptors (Lipinski definition) is 4. The lowest BCUT2D eigenvalue weighted by molar-refractivity contribution is -0.255. The first-order valence-electron chi connectivity index (χ1n) is 5.01. The molecule has 0 aliphatic carbocycles. The van der Waals surface area contributed by atoms with Crippen molar-refractivity contribution in [2.45, 2.75) is 6.92 Å². The molecular weight excluding hydrogens is 238 g/mol. The van der Waals surface area contributed by atoms with Crippen molar-refractivity contribution in [3.8, 4) is 0 Å². The minimum absolute atomic E-state index is 0.137. The van der Waals surface area contributed by atoms with Gasteiger partial charge in [0, 0.05) is 6.54 Å². The van der Waals surface area contributed by atoms with Crippen LogP contribution in [0.25, 0.3) is 0 Å². The number of carbonyl (C=O) groups is 1. The van der Waals surface area contributed by atoms with Crippen LogP contribution in [-0.4, -0.2) is 23.8 Å². The van der Waals surface area contributed by atoms with E-state index in [1.807, 2.05) is 6.92 Å². The van der Waals surface area contributed by atoms with Gasteiger partial charge in [0.25, 0.3) is 0 Å². The highest BCUT2D eigenvalue weighted by molar-refractivity contribution is 7.80. The molecule has 0 spiro atoms. The molecule has 0 saturated carbocycles. The van der Waals surface area contributed by atoms with E-state index >= 15 is 0 Å². The number of nitrogens with zero attached hydrogens (tertiary/aromatic N) is 1. The summed E-state index contributed by atoms with van der Waals surface area (Å²) in [6, 6.07) is 6.18. The van der Waals surface area contributed by atoms with Gasteiger partial charge in [-0.15, -0.1) is 0 Å². The van der Waals surface area contributed by atoms with Crippen LogP contribution in [-0.2, 0) is 0 Å². The Hall–Kier alpha value is -1.95. The Labute approximate surface area is 105 Å². The normalized spacial score (nSPS) is 10.2. The van der Waals surface area contributed by atoms with Gasteiger partial charge in [-0.25, -0.2) is 0 Å². The van der Waals surface area contributed by atoms with Crippen molar-refractivity contribution in [1.82, 2.24) is 10.7 Å². The van der Waals surface area contributed by atoms with Crippen LogP contribution in [0, 0.1) is 0 Å². The summed E-state index contributed by atoms with van der Waals surface area (Å²) < 4.78 is 0. The van der Waals surface area contributed by atoms with Crippen LogP contribution in [0.4, 0.5) is 0 Å². The summed E-state index contributed by atoms with van der Waals surface area (Å²) in [4.78, 5) is 10.5. The van der Waals surface area contributed by atoms with Crippen molar-refractivity contribution in [2.24, 2.45) is 5.10 Å². The van der Waals surface area contributed by atoms with Crippen LogP contribution in [0.2, 0.25) is 0 Å². The van der Waals surface area contributed by atoms with Crippen LogP contribution < -0.4 is 15.8 Å². The summed E-state index contributed by atoms with van der Waals surface area (Å²) in [5.41, 5.74) is 3.53. The summed E-state index contributed by atoms with van der Waals surface area (Å²) in [5, 5.41) is 17.7. The topological polar surface area (TPSA) is 76.5 Å². The van der Waals surface area contributed by atoms with Crippen LogP contribution in [0.15, 0.2) is 29.4 Å². The zero-order chi connectivity index (χ0) is 12.7. The third-order valence-electron chi connectivity index (χ3n) is 1.86. The number of rotatable bonds is 4. The van der Waals surface area contributed by atoms with Gasteiger partial charge >= 0.3 is 0 Å². The zero-order valence-electron chi connectivity index (χ0n) is 9.27. The first-order valence-corrected chi connectivity index (χ1v) is 5.42. The van der Waals surface area contributed by atoms with Crippen LogP contribution in [0.5, 0.6) is 0 Å². The van der Waals surface area contributed by atoms with Gasteiger partial charge in [0.05, 0.1) is 12.2 Å². The van der Waals surface area contributed by atoms with E-state index in [-0.39, 0.29) is 5.56 Å². The molecule has 90 valence electrons. The van der Waals surface area contributed by atoms with Crippen LogP contribution in [0.3, 0.4) is 0 Å². The number of nitrogens with one attached hydrogen (secondary N) is 2. The van der Waals surface area contributed by atoms with Crippen molar-refractivity contribution in [3.05, 3.63) is 35.4 Å². The highest BCUT2D eigenvalue weighted by Gasteiger charge is 1.93. The van der Waals surface area contributed by atoms with Crippen molar-refractivity contribution in [2.75, 3.05) is 6.54 Å². The second-order valence-electron chi connectivity index (χ2n) is 3.14. The van der Waals surface area contributed by atoms with Gasteiger partial charge in [0.15, 0.2) is 5.11 Å². The van der Waals surface area contributed by atoms with Gasteiger partial charge in [-0.05, 0) is 30.3 Å².